The Morgan fingerprint density at radius 1 is 0.962 bits per heavy atom. The predicted molar refractivity (Wildman–Crippen MR) is 103 cm³/mol. The van der Waals surface area contributed by atoms with Gasteiger partial charge in [-0.2, -0.15) is 0 Å². The number of fused-ring (bicyclic) bond motifs is 2. The Balaban J connectivity index is 1.57. The van der Waals surface area contributed by atoms with Crippen LogP contribution in [0.1, 0.15) is 29.5 Å². The molecule has 4 rings (SSSR count). The maximum atomic E-state index is 11.8. The number of aliphatic hydroxyl groups is 1. The molecular weight excluding hydrogens is 324 g/mol. The Kier molecular flexibility index (Phi) is 4.98. The zero-order chi connectivity index (χ0) is 18.0. The van der Waals surface area contributed by atoms with Crippen LogP contribution in [-0.4, -0.2) is 54.7 Å². The summed E-state index contributed by atoms with van der Waals surface area (Å²) < 4.78 is 6.00. The molecule has 1 fully saturated rings. The van der Waals surface area contributed by atoms with Crippen LogP contribution in [0, 0.1) is 0 Å². The minimum Gasteiger partial charge on any atom is -0.488 e. The number of rotatable bonds is 4. The molecule has 0 aromatic heterocycles. The third kappa shape index (κ3) is 3.37. The van der Waals surface area contributed by atoms with Gasteiger partial charge in [0.25, 0.3) is 0 Å². The van der Waals surface area contributed by atoms with Crippen molar-refractivity contribution in [1.29, 1.82) is 0 Å². The number of nitrogens with zero attached hydrogens (tertiary/aromatic N) is 2. The normalized spacial score (nSPS) is 23.6. The van der Waals surface area contributed by atoms with Crippen molar-refractivity contribution < 1.29 is 9.84 Å². The van der Waals surface area contributed by atoms with Crippen molar-refractivity contribution >= 4 is 0 Å². The van der Waals surface area contributed by atoms with Gasteiger partial charge in [-0.05, 0) is 43.6 Å². The highest BCUT2D eigenvalue weighted by Crippen LogP contribution is 2.43. The van der Waals surface area contributed by atoms with Crippen molar-refractivity contribution in [3.63, 3.8) is 0 Å². The summed E-state index contributed by atoms with van der Waals surface area (Å²) >= 11 is 0. The first-order chi connectivity index (χ1) is 12.7. The summed E-state index contributed by atoms with van der Waals surface area (Å²) in [5, 5.41) is 11.8. The molecule has 2 heterocycles. The fourth-order valence-corrected chi connectivity index (χ4v) is 4.18. The van der Waals surface area contributed by atoms with Crippen LogP contribution in [-0.2, 0) is 12.2 Å². The molecule has 2 aliphatic heterocycles. The molecule has 1 N–H and O–H groups in total. The lowest BCUT2D eigenvalue weighted by Gasteiger charge is -2.34. The van der Waals surface area contributed by atoms with Gasteiger partial charge in [0.15, 0.2) is 0 Å². The van der Waals surface area contributed by atoms with Crippen molar-refractivity contribution in [1.82, 2.24) is 9.80 Å². The highest BCUT2D eigenvalue weighted by atomic mass is 16.5. The van der Waals surface area contributed by atoms with E-state index in [4.69, 9.17) is 4.74 Å². The summed E-state index contributed by atoms with van der Waals surface area (Å²) in [7, 11) is 2.18. The maximum Gasteiger partial charge on any atom is 0.126 e. The summed E-state index contributed by atoms with van der Waals surface area (Å²) in [5.74, 6) is 0.797. The average Bonchev–Trinajstić information content (AvgIpc) is 2.80. The zero-order valence-corrected chi connectivity index (χ0v) is 15.5. The molecule has 4 heteroatoms. The number of likely N-dealkylation sites (N-methyl/N-ethyl adjacent to an activating group) is 1. The van der Waals surface area contributed by atoms with Crippen molar-refractivity contribution in [3.8, 4) is 5.75 Å². The van der Waals surface area contributed by atoms with E-state index in [-0.39, 0.29) is 0 Å². The van der Waals surface area contributed by atoms with Crippen LogP contribution in [0.5, 0.6) is 5.75 Å². The first-order valence-electron chi connectivity index (χ1n) is 9.61. The zero-order valence-electron chi connectivity index (χ0n) is 15.5. The standard InChI is InChI=1S/C22H28N2O2/c1-23-13-15-24(16-14-23)12-6-11-22(25)19-8-3-2-7-18(19)17-26-21-10-5-4-9-20(21)22/h2-5,7-10,25H,6,11-17H2,1H3/t22-/m0/s1. The van der Waals surface area contributed by atoms with E-state index in [1.54, 1.807) is 0 Å². The van der Waals surface area contributed by atoms with E-state index in [0.29, 0.717) is 13.0 Å². The largest absolute Gasteiger partial charge is 0.488 e. The van der Waals surface area contributed by atoms with Crippen LogP contribution in [0.3, 0.4) is 0 Å². The van der Waals surface area contributed by atoms with Crippen molar-refractivity contribution in [2.75, 3.05) is 39.8 Å². The van der Waals surface area contributed by atoms with Crippen LogP contribution in [0.2, 0.25) is 0 Å². The SMILES string of the molecule is CN1CCN(CCC[C@]2(O)c3ccccc3COc3ccccc32)CC1. The Labute approximate surface area is 156 Å². The number of benzene rings is 2. The Morgan fingerprint density at radius 3 is 2.46 bits per heavy atom. The second kappa shape index (κ2) is 7.39. The minimum atomic E-state index is -0.990. The monoisotopic (exact) mass is 352 g/mol. The van der Waals surface area contributed by atoms with Crippen LogP contribution in [0.25, 0.3) is 0 Å². The molecule has 0 saturated carbocycles. The first kappa shape index (κ1) is 17.5. The molecule has 0 bridgehead atoms. The van der Waals surface area contributed by atoms with Gasteiger partial charge in [-0.1, -0.05) is 42.5 Å². The molecular formula is C22H28N2O2. The van der Waals surface area contributed by atoms with E-state index in [2.05, 4.69) is 29.0 Å². The quantitative estimate of drug-likeness (QED) is 0.918. The number of piperazine rings is 1. The van der Waals surface area contributed by atoms with Gasteiger partial charge < -0.3 is 19.6 Å². The maximum absolute atomic E-state index is 11.8. The van der Waals surface area contributed by atoms with Gasteiger partial charge in [0.2, 0.25) is 0 Å². The van der Waals surface area contributed by atoms with Gasteiger partial charge in [0.05, 0.1) is 0 Å². The lowest BCUT2D eigenvalue weighted by atomic mass is 9.80. The molecule has 138 valence electrons. The Bertz CT molecular complexity index is 706. The van der Waals surface area contributed by atoms with Gasteiger partial charge in [0, 0.05) is 31.7 Å². The molecule has 0 amide bonds. The van der Waals surface area contributed by atoms with Gasteiger partial charge in [-0.25, -0.2) is 0 Å². The highest BCUT2D eigenvalue weighted by Gasteiger charge is 2.37. The second-order valence-electron chi connectivity index (χ2n) is 7.55. The summed E-state index contributed by atoms with van der Waals surface area (Å²) in [6.07, 6.45) is 1.67. The van der Waals surface area contributed by atoms with Gasteiger partial charge in [-0.3, -0.25) is 0 Å². The fourth-order valence-electron chi connectivity index (χ4n) is 4.18. The van der Waals surface area contributed by atoms with Crippen molar-refractivity contribution in [2.45, 2.75) is 25.0 Å². The molecule has 0 aliphatic carbocycles. The topological polar surface area (TPSA) is 35.9 Å². The molecule has 0 radical (unpaired) electrons. The molecule has 1 atom stereocenters. The molecule has 2 aromatic rings. The predicted octanol–water partition coefficient (Wildman–Crippen LogP) is 2.84. The van der Waals surface area contributed by atoms with Crippen LogP contribution >= 0.6 is 0 Å². The Morgan fingerprint density at radius 2 is 1.65 bits per heavy atom. The van der Waals surface area contributed by atoms with E-state index in [0.717, 1.165) is 61.6 Å². The highest BCUT2D eigenvalue weighted by molar-refractivity contribution is 5.49. The van der Waals surface area contributed by atoms with E-state index in [1.165, 1.54) is 0 Å². The molecule has 0 unspecified atom stereocenters. The lowest BCUT2D eigenvalue weighted by Crippen LogP contribution is -2.45. The molecule has 2 aromatic carbocycles. The third-order valence-corrected chi connectivity index (χ3v) is 5.79. The van der Waals surface area contributed by atoms with Gasteiger partial charge in [-0.15, -0.1) is 0 Å². The summed E-state index contributed by atoms with van der Waals surface area (Å²) in [5.41, 5.74) is 1.97. The smallest absolute Gasteiger partial charge is 0.126 e. The molecule has 1 saturated heterocycles. The number of para-hydroxylation sites is 1. The summed E-state index contributed by atoms with van der Waals surface area (Å²) in [4.78, 5) is 4.88. The number of ether oxygens (including phenoxy) is 1. The molecule has 2 aliphatic rings. The van der Waals surface area contributed by atoms with Crippen LogP contribution in [0.4, 0.5) is 0 Å². The third-order valence-electron chi connectivity index (χ3n) is 5.79. The molecule has 4 nitrogen and oxygen atoms in total. The minimum absolute atomic E-state index is 0.508. The fraction of sp³-hybridized carbons (Fsp3) is 0.455. The summed E-state index contributed by atoms with van der Waals surface area (Å²) in [6.45, 7) is 6.03. The van der Waals surface area contributed by atoms with E-state index in [9.17, 15) is 5.11 Å². The average molecular weight is 352 g/mol. The molecule has 26 heavy (non-hydrogen) atoms. The van der Waals surface area contributed by atoms with Gasteiger partial charge >= 0.3 is 0 Å². The first-order valence-corrected chi connectivity index (χ1v) is 9.61. The van der Waals surface area contributed by atoms with E-state index >= 15 is 0 Å². The Hall–Kier alpha value is -1.88. The van der Waals surface area contributed by atoms with E-state index in [1.807, 2.05) is 36.4 Å². The van der Waals surface area contributed by atoms with Gasteiger partial charge in [0.1, 0.15) is 18.0 Å². The number of hydrogen-bond donors (Lipinski definition) is 1. The van der Waals surface area contributed by atoms with Crippen LogP contribution in [0.15, 0.2) is 48.5 Å². The van der Waals surface area contributed by atoms with Crippen molar-refractivity contribution in [2.24, 2.45) is 0 Å². The van der Waals surface area contributed by atoms with E-state index < -0.39 is 5.60 Å². The number of hydrogen-bond acceptors (Lipinski definition) is 4. The lowest BCUT2D eigenvalue weighted by molar-refractivity contribution is 0.0611. The second-order valence-corrected chi connectivity index (χ2v) is 7.55. The van der Waals surface area contributed by atoms with Crippen molar-refractivity contribution in [3.05, 3.63) is 65.2 Å². The van der Waals surface area contributed by atoms with Crippen LogP contribution < -0.4 is 4.74 Å². The molecule has 0 spiro atoms. The summed E-state index contributed by atoms with van der Waals surface area (Å²) in [6, 6.07) is 16.1.